The first-order valence-electron chi connectivity index (χ1n) is 9.06. The summed E-state index contributed by atoms with van der Waals surface area (Å²) in [6, 6.07) is 1.89. The minimum Gasteiger partial charge on any atom is -0.377 e. The van der Waals surface area contributed by atoms with Gasteiger partial charge in [0.15, 0.2) is 11.6 Å². The lowest BCUT2D eigenvalue weighted by molar-refractivity contribution is 0.0784. The zero-order valence-corrected chi connectivity index (χ0v) is 14.8. The molecule has 2 fully saturated rings. The molecule has 3 heterocycles. The zero-order chi connectivity index (χ0) is 17.4. The molecule has 2 N–H and O–H groups in total. The number of carbonyl (C=O) groups excluding carboxylic acids is 1. The van der Waals surface area contributed by atoms with Crippen LogP contribution in [0.2, 0.25) is 0 Å². The van der Waals surface area contributed by atoms with Gasteiger partial charge in [0.2, 0.25) is 0 Å². The smallest absolute Gasteiger partial charge is 0.255 e. The third kappa shape index (κ3) is 3.08. The Morgan fingerprint density at radius 1 is 1.40 bits per heavy atom. The molecule has 25 heavy (non-hydrogen) atoms. The normalized spacial score (nSPS) is 23.4. The minimum absolute atomic E-state index is 0.124. The average Bonchev–Trinajstić information content (AvgIpc) is 3.05. The highest BCUT2D eigenvalue weighted by atomic mass is 16.5. The average molecular weight is 343 g/mol. The summed E-state index contributed by atoms with van der Waals surface area (Å²) in [4.78, 5) is 22.8. The van der Waals surface area contributed by atoms with E-state index in [-0.39, 0.29) is 11.8 Å². The highest BCUT2D eigenvalue weighted by molar-refractivity contribution is 5.95. The number of aromatic nitrogens is 4. The number of likely N-dealkylation sites (tertiary alicyclic amines) is 1. The minimum atomic E-state index is 0.124. The van der Waals surface area contributed by atoms with E-state index in [2.05, 4.69) is 27.1 Å². The molecule has 2 aliphatic rings. The van der Waals surface area contributed by atoms with E-state index < -0.39 is 0 Å². The number of nitrogens with one attached hydrogen (secondary N) is 2. The van der Waals surface area contributed by atoms with Crippen molar-refractivity contribution in [1.29, 1.82) is 0 Å². The summed E-state index contributed by atoms with van der Waals surface area (Å²) in [5, 5.41) is 7.37. The van der Waals surface area contributed by atoms with Crippen LogP contribution in [0.1, 0.15) is 53.4 Å². The monoisotopic (exact) mass is 343 g/mol. The summed E-state index contributed by atoms with van der Waals surface area (Å²) in [6.07, 6.45) is 5.19. The lowest BCUT2D eigenvalue weighted by atomic mass is 9.91. The summed E-state index contributed by atoms with van der Waals surface area (Å²) < 4.78 is 5.12. The largest absolute Gasteiger partial charge is 0.377 e. The second-order valence-corrected chi connectivity index (χ2v) is 7.11. The SMILES string of the molecule is CCc1[nH]ccc1C(=O)N1C[C@H](c2n[nH]c(COC)n2)[C@@H](C2CC2)C1. The van der Waals surface area contributed by atoms with Gasteiger partial charge in [-0.1, -0.05) is 6.92 Å². The number of amides is 1. The third-order valence-electron chi connectivity index (χ3n) is 5.46. The Morgan fingerprint density at radius 3 is 2.96 bits per heavy atom. The highest BCUT2D eigenvalue weighted by Crippen LogP contribution is 2.47. The Balaban J connectivity index is 1.55. The predicted octanol–water partition coefficient (Wildman–Crippen LogP) is 2.11. The van der Waals surface area contributed by atoms with Gasteiger partial charge in [-0.3, -0.25) is 9.89 Å². The zero-order valence-electron chi connectivity index (χ0n) is 14.8. The van der Waals surface area contributed by atoms with Crippen molar-refractivity contribution in [1.82, 2.24) is 25.1 Å². The maximum absolute atomic E-state index is 13.0. The Labute approximate surface area is 147 Å². The van der Waals surface area contributed by atoms with Gasteiger partial charge in [0.1, 0.15) is 6.61 Å². The molecule has 2 aromatic rings. The van der Waals surface area contributed by atoms with E-state index in [1.54, 1.807) is 7.11 Å². The van der Waals surface area contributed by atoms with E-state index in [1.165, 1.54) is 12.8 Å². The molecule has 0 bridgehead atoms. The summed E-state index contributed by atoms with van der Waals surface area (Å²) in [7, 11) is 1.65. The lowest BCUT2D eigenvalue weighted by Crippen LogP contribution is -2.29. The fourth-order valence-corrected chi connectivity index (χ4v) is 4.01. The van der Waals surface area contributed by atoms with Crippen LogP contribution < -0.4 is 0 Å². The van der Waals surface area contributed by atoms with Gasteiger partial charge in [-0.15, -0.1) is 0 Å². The number of hydrogen-bond acceptors (Lipinski definition) is 4. The number of methoxy groups -OCH3 is 1. The molecule has 2 atom stereocenters. The van der Waals surface area contributed by atoms with Gasteiger partial charge in [-0.05, 0) is 37.2 Å². The van der Waals surface area contributed by atoms with Crippen LogP contribution in [0, 0.1) is 11.8 Å². The number of aromatic amines is 2. The van der Waals surface area contributed by atoms with Crippen LogP contribution in [-0.4, -0.2) is 51.2 Å². The molecular weight excluding hydrogens is 318 g/mol. The molecule has 1 aliphatic heterocycles. The molecule has 134 valence electrons. The number of carbonyl (C=O) groups is 1. The van der Waals surface area contributed by atoms with Crippen LogP contribution in [0.5, 0.6) is 0 Å². The van der Waals surface area contributed by atoms with Gasteiger partial charge in [0.25, 0.3) is 5.91 Å². The molecule has 7 heteroatoms. The number of rotatable bonds is 6. The quantitative estimate of drug-likeness (QED) is 0.841. The van der Waals surface area contributed by atoms with Crippen LogP contribution in [0.15, 0.2) is 12.3 Å². The van der Waals surface area contributed by atoms with Crippen molar-refractivity contribution in [3.8, 4) is 0 Å². The van der Waals surface area contributed by atoms with Gasteiger partial charge in [0, 0.05) is 38.0 Å². The summed E-state index contributed by atoms with van der Waals surface area (Å²) >= 11 is 0. The van der Waals surface area contributed by atoms with E-state index in [0.717, 1.165) is 35.9 Å². The van der Waals surface area contributed by atoms with Gasteiger partial charge in [-0.2, -0.15) is 5.10 Å². The van der Waals surface area contributed by atoms with Gasteiger partial charge >= 0.3 is 0 Å². The summed E-state index contributed by atoms with van der Waals surface area (Å²) in [5.74, 6) is 3.06. The first-order valence-corrected chi connectivity index (χ1v) is 9.06. The molecule has 4 rings (SSSR count). The standard InChI is InChI=1S/C18H25N5O2/c1-3-15-12(6-7-19-15)18(24)23-8-13(11-4-5-11)14(9-23)17-20-16(10-25-2)21-22-17/h6-7,11,13-14,19H,3-5,8-10H2,1-2H3,(H,20,21,22)/t13-,14+/m1/s1. The number of aryl methyl sites for hydroxylation is 1. The summed E-state index contributed by atoms with van der Waals surface area (Å²) in [6.45, 7) is 3.99. The Bertz CT molecular complexity index is 748. The van der Waals surface area contributed by atoms with Crippen LogP contribution in [0.4, 0.5) is 0 Å². The van der Waals surface area contributed by atoms with Crippen LogP contribution >= 0.6 is 0 Å². The number of hydrogen-bond donors (Lipinski definition) is 2. The maximum Gasteiger partial charge on any atom is 0.255 e. The second-order valence-electron chi connectivity index (χ2n) is 7.11. The van der Waals surface area contributed by atoms with Crippen molar-refractivity contribution < 1.29 is 9.53 Å². The van der Waals surface area contributed by atoms with E-state index in [9.17, 15) is 4.79 Å². The van der Waals surface area contributed by atoms with Crippen molar-refractivity contribution in [3.05, 3.63) is 35.2 Å². The molecule has 0 radical (unpaired) electrons. The summed E-state index contributed by atoms with van der Waals surface area (Å²) in [5.41, 5.74) is 1.81. The van der Waals surface area contributed by atoms with E-state index in [4.69, 9.17) is 4.74 Å². The van der Waals surface area contributed by atoms with Crippen molar-refractivity contribution in [2.75, 3.05) is 20.2 Å². The van der Waals surface area contributed by atoms with Crippen LogP contribution in [0.3, 0.4) is 0 Å². The fraction of sp³-hybridized carbons (Fsp3) is 0.611. The Hall–Kier alpha value is -2.15. The number of ether oxygens (including phenoxy) is 1. The molecule has 7 nitrogen and oxygen atoms in total. The van der Waals surface area contributed by atoms with E-state index in [0.29, 0.717) is 25.0 Å². The first-order chi connectivity index (χ1) is 12.2. The van der Waals surface area contributed by atoms with Gasteiger partial charge in [-0.25, -0.2) is 4.98 Å². The second kappa shape index (κ2) is 6.63. The molecule has 0 aromatic carbocycles. The molecule has 0 spiro atoms. The topological polar surface area (TPSA) is 86.9 Å². The van der Waals surface area contributed by atoms with Crippen LogP contribution in [-0.2, 0) is 17.8 Å². The molecule has 1 amide bonds. The Morgan fingerprint density at radius 2 is 2.24 bits per heavy atom. The van der Waals surface area contributed by atoms with Crippen molar-refractivity contribution in [2.24, 2.45) is 11.8 Å². The van der Waals surface area contributed by atoms with E-state index >= 15 is 0 Å². The lowest BCUT2D eigenvalue weighted by Gasteiger charge is -2.16. The molecular formula is C18H25N5O2. The molecule has 1 saturated carbocycles. The first kappa shape index (κ1) is 16.3. The van der Waals surface area contributed by atoms with E-state index in [1.807, 2.05) is 17.2 Å². The molecule has 1 saturated heterocycles. The molecule has 1 aliphatic carbocycles. The van der Waals surface area contributed by atoms with Crippen LogP contribution in [0.25, 0.3) is 0 Å². The third-order valence-corrected chi connectivity index (χ3v) is 5.46. The highest BCUT2D eigenvalue weighted by Gasteiger charge is 2.46. The fourth-order valence-electron chi connectivity index (χ4n) is 4.01. The molecule has 2 aromatic heterocycles. The van der Waals surface area contributed by atoms with Crippen molar-refractivity contribution >= 4 is 5.91 Å². The van der Waals surface area contributed by atoms with Crippen molar-refractivity contribution in [2.45, 2.75) is 38.7 Å². The number of nitrogens with zero attached hydrogens (tertiary/aromatic N) is 3. The van der Waals surface area contributed by atoms with Gasteiger partial charge in [0.05, 0.1) is 5.56 Å². The predicted molar refractivity (Wildman–Crippen MR) is 92.1 cm³/mol. The van der Waals surface area contributed by atoms with Gasteiger partial charge < -0.3 is 14.6 Å². The number of H-pyrrole nitrogens is 2. The Kier molecular flexibility index (Phi) is 4.33. The van der Waals surface area contributed by atoms with Crippen molar-refractivity contribution in [3.63, 3.8) is 0 Å². The maximum atomic E-state index is 13.0. The molecule has 0 unspecified atom stereocenters.